The van der Waals surface area contributed by atoms with Gasteiger partial charge in [0.25, 0.3) is 0 Å². The molecule has 0 heterocycles. The van der Waals surface area contributed by atoms with Gasteiger partial charge in [-0.25, -0.2) is 0 Å². The summed E-state index contributed by atoms with van der Waals surface area (Å²) in [6.45, 7) is 0. The quantitative estimate of drug-likeness (QED) is 0.887. The summed E-state index contributed by atoms with van der Waals surface area (Å²) >= 11 is 0. The zero-order valence-electron chi connectivity index (χ0n) is 10.8. The van der Waals surface area contributed by atoms with E-state index >= 15 is 0 Å². The molecule has 1 aliphatic rings. The Kier molecular flexibility index (Phi) is 4.24. The lowest BCUT2D eigenvalue weighted by molar-refractivity contribution is -0.138. The zero-order valence-corrected chi connectivity index (χ0v) is 10.8. The Hall–Kier alpha value is -1.51. The van der Waals surface area contributed by atoms with Crippen molar-refractivity contribution in [3.8, 4) is 5.75 Å². The molecule has 2 rings (SSSR count). The van der Waals surface area contributed by atoms with E-state index in [1.54, 1.807) is 7.11 Å². The molecule has 3 heteroatoms. The fourth-order valence-corrected chi connectivity index (χ4v) is 2.82. The smallest absolute Gasteiger partial charge is 0.303 e. The van der Waals surface area contributed by atoms with E-state index in [0.717, 1.165) is 31.4 Å². The van der Waals surface area contributed by atoms with Crippen molar-refractivity contribution in [1.82, 2.24) is 0 Å². The van der Waals surface area contributed by atoms with Crippen molar-refractivity contribution in [3.05, 3.63) is 29.8 Å². The van der Waals surface area contributed by atoms with E-state index in [1.807, 2.05) is 12.1 Å². The third-order valence-electron chi connectivity index (χ3n) is 3.90. The Labute approximate surface area is 108 Å². The molecule has 0 unspecified atom stereocenters. The summed E-state index contributed by atoms with van der Waals surface area (Å²) in [6.07, 6.45) is 4.59. The Morgan fingerprint density at radius 1 is 1.22 bits per heavy atom. The summed E-state index contributed by atoms with van der Waals surface area (Å²) in [5.74, 6) is 1.18. The first-order chi connectivity index (χ1) is 8.69. The molecule has 0 amide bonds. The number of hydrogen-bond acceptors (Lipinski definition) is 2. The van der Waals surface area contributed by atoms with Crippen molar-refractivity contribution in [2.75, 3.05) is 7.11 Å². The third-order valence-corrected chi connectivity index (χ3v) is 3.90. The van der Waals surface area contributed by atoms with Crippen LogP contribution in [0.2, 0.25) is 0 Å². The standard InChI is InChI=1S/C15H20O3/c1-18-14-8-6-13(7-9-14)12-4-2-11(3-5-12)10-15(16)17/h6-9,11-12H,2-5,10H2,1H3,(H,16,17)/t11-,12+. The highest BCUT2D eigenvalue weighted by molar-refractivity contribution is 5.67. The summed E-state index contributed by atoms with van der Waals surface area (Å²) in [6, 6.07) is 8.25. The zero-order chi connectivity index (χ0) is 13.0. The van der Waals surface area contributed by atoms with E-state index in [2.05, 4.69) is 12.1 Å². The lowest BCUT2D eigenvalue weighted by Crippen LogP contribution is -2.16. The maximum atomic E-state index is 10.7. The predicted octanol–water partition coefficient (Wildman–Crippen LogP) is 3.44. The maximum Gasteiger partial charge on any atom is 0.303 e. The lowest BCUT2D eigenvalue weighted by atomic mass is 9.77. The lowest BCUT2D eigenvalue weighted by Gasteiger charge is -2.28. The van der Waals surface area contributed by atoms with Gasteiger partial charge in [0.05, 0.1) is 7.11 Å². The molecule has 0 atom stereocenters. The number of hydrogen-bond donors (Lipinski definition) is 1. The normalized spacial score (nSPS) is 23.6. The number of carboxylic acids is 1. The van der Waals surface area contributed by atoms with Gasteiger partial charge in [-0.3, -0.25) is 4.79 Å². The van der Waals surface area contributed by atoms with Gasteiger partial charge in [0, 0.05) is 6.42 Å². The van der Waals surface area contributed by atoms with E-state index in [1.165, 1.54) is 5.56 Å². The van der Waals surface area contributed by atoms with Gasteiger partial charge in [0.1, 0.15) is 5.75 Å². The summed E-state index contributed by atoms with van der Waals surface area (Å²) in [7, 11) is 1.67. The van der Waals surface area contributed by atoms with Gasteiger partial charge in [0.15, 0.2) is 0 Å². The first kappa shape index (κ1) is 12.9. The van der Waals surface area contributed by atoms with Gasteiger partial charge in [-0.05, 0) is 55.2 Å². The van der Waals surface area contributed by atoms with Crippen LogP contribution in [0.15, 0.2) is 24.3 Å². The molecule has 98 valence electrons. The number of methoxy groups -OCH3 is 1. The highest BCUT2D eigenvalue weighted by Gasteiger charge is 2.23. The Morgan fingerprint density at radius 2 is 1.83 bits per heavy atom. The number of carboxylic acid groups (broad SMARTS) is 1. The van der Waals surface area contributed by atoms with E-state index in [9.17, 15) is 4.79 Å². The number of carbonyl (C=O) groups is 1. The summed E-state index contributed by atoms with van der Waals surface area (Å²) in [5.41, 5.74) is 1.35. The summed E-state index contributed by atoms with van der Waals surface area (Å²) < 4.78 is 5.15. The monoisotopic (exact) mass is 248 g/mol. The second-order valence-electron chi connectivity index (χ2n) is 5.09. The topological polar surface area (TPSA) is 46.5 Å². The third kappa shape index (κ3) is 3.25. The number of ether oxygens (including phenoxy) is 1. The van der Waals surface area contributed by atoms with Crippen molar-refractivity contribution in [2.45, 2.75) is 38.0 Å². The Morgan fingerprint density at radius 3 is 2.33 bits per heavy atom. The Balaban J connectivity index is 1.90. The fourth-order valence-electron chi connectivity index (χ4n) is 2.82. The number of aliphatic carboxylic acids is 1. The molecule has 1 aromatic rings. The molecule has 0 bridgehead atoms. The summed E-state index contributed by atoms with van der Waals surface area (Å²) in [5, 5.41) is 8.79. The van der Waals surface area contributed by atoms with Crippen LogP contribution in [0.25, 0.3) is 0 Å². The summed E-state index contributed by atoms with van der Waals surface area (Å²) in [4.78, 5) is 10.7. The predicted molar refractivity (Wildman–Crippen MR) is 69.9 cm³/mol. The first-order valence-electron chi connectivity index (χ1n) is 6.54. The van der Waals surface area contributed by atoms with Gasteiger partial charge in [-0.15, -0.1) is 0 Å². The average Bonchev–Trinajstić information content (AvgIpc) is 2.39. The minimum atomic E-state index is -0.664. The van der Waals surface area contributed by atoms with Crippen molar-refractivity contribution < 1.29 is 14.6 Å². The minimum absolute atomic E-state index is 0.329. The van der Waals surface area contributed by atoms with Crippen LogP contribution in [0, 0.1) is 5.92 Å². The van der Waals surface area contributed by atoms with E-state index in [0.29, 0.717) is 18.3 Å². The van der Waals surface area contributed by atoms with Gasteiger partial charge < -0.3 is 9.84 Å². The second-order valence-corrected chi connectivity index (χ2v) is 5.09. The van der Waals surface area contributed by atoms with Crippen LogP contribution in [-0.4, -0.2) is 18.2 Å². The van der Waals surface area contributed by atoms with Crippen molar-refractivity contribution in [1.29, 1.82) is 0 Å². The molecule has 0 radical (unpaired) electrons. The highest BCUT2D eigenvalue weighted by Crippen LogP contribution is 2.37. The first-order valence-corrected chi connectivity index (χ1v) is 6.54. The molecule has 1 N–H and O–H groups in total. The molecular formula is C15H20O3. The Bertz CT molecular complexity index is 389. The second kappa shape index (κ2) is 5.89. The molecular weight excluding hydrogens is 228 g/mol. The van der Waals surface area contributed by atoms with Gasteiger partial charge in [0.2, 0.25) is 0 Å². The van der Waals surface area contributed by atoms with Crippen molar-refractivity contribution in [3.63, 3.8) is 0 Å². The average molecular weight is 248 g/mol. The molecule has 1 saturated carbocycles. The number of rotatable bonds is 4. The molecule has 3 nitrogen and oxygen atoms in total. The van der Waals surface area contributed by atoms with Crippen molar-refractivity contribution >= 4 is 5.97 Å². The van der Waals surface area contributed by atoms with Gasteiger partial charge in [-0.1, -0.05) is 12.1 Å². The van der Waals surface area contributed by atoms with E-state index in [4.69, 9.17) is 9.84 Å². The van der Waals surface area contributed by atoms with Crippen LogP contribution in [0.5, 0.6) is 5.75 Å². The molecule has 0 aliphatic heterocycles. The van der Waals surface area contributed by atoms with Crippen LogP contribution in [0.1, 0.15) is 43.6 Å². The molecule has 0 saturated heterocycles. The maximum absolute atomic E-state index is 10.7. The molecule has 1 aliphatic carbocycles. The molecule has 1 fully saturated rings. The molecule has 0 aromatic heterocycles. The highest BCUT2D eigenvalue weighted by atomic mass is 16.5. The fraction of sp³-hybridized carbons (Fsp3) is 0.533. The largest absolute Gasteiger partial charge is 0.497 e. The van der Waals surface area contributed by atoms with E-state index in [-0.39, 0.29) is 0 Å². The molecule has 18 heavy (non-hydrogen) atoms. The SMILES string of the molecule is COc1ccc([C@H]2CC[C@@H](CC(=O)O)CC2)cc1. The van der Waals surface area contributed by atoms with Crippen LogP contribution >= 0.6 is 0 Å². The van der Waals surface area contributed by atoms with Crippen LogP contribution in [-0.2, 0) is 4.79 Å². The van der Waals surface area contributed by atoms with Gasteiger partial charge >= 0.3 is 5.97 Å². The van der Waals surface area contributed by atoms with Crippen LogP contribution < -0.4 is 4.74 Å². The van der Waals surface area contributed by atoms with E-state index < -0.39 is 5.97 Å². The van der Waals surface area contributed by atoms with Gasteiger partial charge in [-0.2, -0.15) is 0 Å². The molecule has 0 spiro atoms. The minimum Gasteiger partial charge on any atom is -0.497 e. The van der Waals surface area contributed by atoms with Crippen LogP contribution in [0.3, 0.4) is 0 Å². The van der Waals surface area contributed by atoms with Crippen molar-refractivity contribution in [2.24, 2.45) is 5.92 Å². The van der Waals surface area contributed by atoms with Crippen LogP contribution in [0.4, 0.5) is 0 Å². The molecule has 1 aromatic carbocycles. The number of benzene rings is 1.